The summed E-state index contributed by atoms with van der Waals surface area (Å²) in [5, 5.41) is 3.33. The third-order valence-corrected chi connectivity index (χ3v) is 6.36. The highest BCUT2D eigenvalue weighted by Gasteiger charge is 2.35. The Bertz CT molecular complexity index is 1360. The molecule has 5 rings (SSSR count). The van der Waals surface area contributed by atoms with E-state index in [1.54, 1.807) is 7.05 Å². The van der Waals surface area contributed by atoms with E-state index in [1.807, 2.05) is 54.8 Å². The Kier molecular flexibility index (Phi) is 6.21. The fourth-order valence-corrected chi connectivity index (χ4v) is 4.62. The summed E-state index contributed by atoms with van der Waals surface area (Å²) in [6.45, 7) is 6.44. The molecule has 174 valence electrons. The Labute approximate surface area is 198 Å². The first kappa shape index (κ1) is 22.9. The van der Waals surface area contributed by atoms with Crippen LogP contribution in [-0.2, 0) is 20.1 Å². The van der Waals surface area contributed by atoms with E-state index in [0.29, 0.717) is 29.6 Å². The Balaban J connectivity index is 0.00000259. The highest BCUT2D eigenvalue weighted by Crippen LogP contribution is 2.35. The SMILES string of the molecule is CC(C)=CCn1c(=O)c2c(nc(N3CCC4CNC=C43)n2Cc2ccccc2)n(C)c1=O.Cl. The van der Waals surface area contributed by atoms with Gasteiger partial charge < -0.3 is 10.2 Å². The van der Waals surface area contributed by atoms with Gasteiger partial charge in [-0.2, -0.15) is 4.98 Å². The predicted molar refractivity (Wildman–Crippen MR) is 133 cm³/mol. The number of imidazole rings is 1. The summed E-state index contributed by atoms with van der Waals surface area (Å²) in [5.74, 6) is 1.17. The van der Waals surface area contributed by atoms with E-state index in [1.165, 1.54) is 14.8 Å². The summed E-state index contributed by atoms with van der Waals surface area (Å²) in [6.07, 6.45) is 4.99. The van der Waals surface area contributed by atoms with E-state index in [2.05, 4.69) is 16.4 Å². The average molecular weight is 469 g/mol. The van der Waals surface area contributed by atoms with E-state index in [4.69, 9.17) is 4.98 Å². The second-order valence-corrected chi connectivity index (χ2v) is 8.81. The van der Waals surface area contributed by atoms with Gasteiger partial charge in [0.2, 0.25) is 5.95 Å². The summed E-state index contributed by atoms with van der Waals surface area (Å²) in [6, 6.07) is 10.1. The molecule has 1 fully saturated rings. The number of hydrogen-bond donors (Lipinski definition) is 1. The van der Waals surface area contributed by atoms with E-state index in [-0.39, 0.29) is 30.2 Å². The largest absolute Gasteiger partial charge is 0.389 e. The molecule has 1 aromatic carbocycles. The van der Waals surface area contributed by atoms with E-state index in [0.717, 1.165) is 30.6 Å². The van der Waals surface area contributed by atoms with Crippen molar-refractivity contribution in [2.24, 2.45) is 13.0 Å². The first-order valence-electron chi connectivity index (χ1n) is 11.0. The van der Waals surface area contributed by atoms with Crippen LogP contribution >= 0.6 is 12.4 Å². The highest BCUT2D eigenvalue weighted by molar-refractivity contribution is 5.85. The Morgan fingerprint density at radius 3 is 2.67 bits per heavy atom. The van der Waals surface area contributed by atoms with Gasteiger partial charge >= 0.3 is 5.69 Å². The van der Waals surface area contributed by atoms with Crippen LogP contribution in [0.2, 0.25) is 0 Å². The third kappa shape index (κ3) is 3.88. The van der Waals surface area contributed by atoms with Crippen LogP contribution in [0.15, 0.2) is 63.5 Å². The minimum Gasteiger partial charge on any atom is -0.389 e. The molecule has 1 saturated heterocycles. The van der Waals surface area contributed by atoms with Crippen LogP contribution in [0.25, 0.3) is 11.2 Å². The molecule has 2 aromatic heterocycles. The normalized spacial score (nSPS) is 16.9. The summed E-state index contributed by atoms with van der Waals surface area (Å²) in [5.41, 5.74) is 3.57. The number of fused-ring (bicyclic) bond motifs is 2. The maximum Gasteiger partial charge on any atom is 0.332 e. The molecule has 33 heavy (non-hydrogen) atoms. The molecule has 1 atom stereocenters. The molecule has 0 bridgehead atoms. The van der Waals surface area contributed by atoms with Gasteiger partial charge in [0.1, 0.15) is 0 Å². The summed E-state index contributed by atoms with van der Waals surface area (Å²) in [4.78, 5) is 33.7. The molecule has 4 heterocycles. The molecule has 0 amide bonds. The van der Waals surface area contributed by atoms with Crippen LogP contribution < -0.4 is 21.5 Å². The summed E-state index contributed by atoms with van der Waals surface area (Å²) in [7, 11) is 1.69. The number of anilines is 1. The highest BCUT2D eigenvalue weighted by atomic mass is 35.5. The topological polar surface area (TPSA) is 77.1 Å². The van der Waals surface area contributed by atoms with Gasteiger partial charge in [-0.15, -0.1) is 12.4 Å². The quantitative estimate of drug-likeness (QED) is 0.582. The Morgan fingerprint density at radius 1 is 1.18 bits per heavy atom. The van der Waals surface area contributed by atoms with Crippen LogP contribution in [0.1, 0.15) is 25.8 Å². The van der Waals surface area contributed by atoms with Crippen LogP contribution in [0.3, 0.4) is 0 Å². The van der Waals surface area contributed by atoms with Crippen molar-refractivity contribution in [2.75, 3.05) is 18.0 Å². The summed E-state index contributed by atoms with van der Waals surface area (Å²) < 4.78 is 4.77. The molecule has 3 aromatic rings. The molecule has 1 N–H and O–H groups in total. The van der Waals surface area contributed by atoms with Crippen LogP contribution in [0.5, 0.6) is 0 Å². The lowest BCUT2D eigenvalue weighted by molar-refractivity contribution is 0.647. The van der Waals surface area contributed by atoms with Gasteiger partial charge in [0.25, 0.3) is 5.56 Å². The molecule has 0 radical (unpaired) electrons. The first-order chi connectivity index (χ1) is 15.5. The van der Waals surface area contributed by atoms with Crippen molar-refractivity contribution < 1.29 is 0 Å². The van der Waals surface area contributed by atoms with Crippen LogP contribution in [-0.4, -0.2) is 31.8 Å². The molecule has 2 aliphatic rings. The maximum atomic E-state index is 13.6. The van der Waals surface area contributed by atoms with Crippen molar-refractivity contribution in [3.8, 4) is 0 Å². The zero-order valence-electron chi connectivity index (χ0n) is 19.1. The van der Waals surface area contributed by atoms with Gasteiger partial charge in [0, 0.05) is 44.5 Å². The molecule has 8 nitrogen and oxygen atoms in total. The van der Waals surface area contributed by atoms with Crippen molar-refractivity contribution in [3.63, 3.8) is 0 Å². The predicted octanol–water partition coefficient (Wildman–Crippen LogP) is 2.60. The van der Waals surface area contributed by atoms with Crippen LogP contribution in [0.4, 0.5) is 5.95 Å². The lowest BCUT2D eigenvalue weighted by atomic mass is 10.1. The van der Waals surface area contributed by atoms with E-state index < -0.39 is 0 Å². The molecular weight excluding hydrogens is 440 g/mol. The molecular formula is C24H29ClN6O2. The minimum absolute atomic E-state index is 0. The summed E-state index contributed by atoms with van der Waals surface area (Å²) >= 11 is 0. The number of nitrogens with zero attached hydrogens (tertiary/aromatic N) is 5. The van der Waals surface area contributed by atoms with E-state index >= 15 is 0 Å². The molecule has 9 heteroatoms. The molecule has 2 aliphatic heterocycles. The van der Waals surface area contributed by atoms with Gasteiger partial charge in [0.05, 0.1) is 6.54 Å². The van der Waals surface area contributed by atoms with Crippen molar-refractivity contribution in [1.29, 1.82) is 0 Å². The zero-order chi connectivity index (χ0) is 22.4. The lowest BCUT2D eigenvalue weighted by Crippen LogP contribution is -2.39. The monoisotopic (exact) mass is 468 g/mol. The zero-order valence-corrected chi connectivity index (χ0v) is 19.9. The van der Waals surface area contributed by atoms with Gasteiger partial charge in [0.15, 0.2) is 11.2 Å². The van der Waals surface area contributed by atoms with E-state index in [9.17, 15) is 9.59 Å². The number of nitrogens with one attached hydrogen (secondary N) is 1. The maximum absolute atomic E-state index is 13.6. The second kappa shape index (κ2) is 8.94. The number of halogens is 1. The molecule has 0 spiro atoms. The molecule has 1 unspecified atom stereocenters. The standard InChI is InChI=1S/C24H28N6O2.ClH/c1-16(2)9-11-29-22(31)20-21(27(3)24(29)32)26-23(28-12-10-18-13-25-14-19(18)28)30(20)15-17-7-5-4-6-8-17;/h4-9,14,18,25H,10-13,15H2,1-3H3;1H. The lowest BCUT2D eigenvalue weighted by Gasteiger charge is -2.20. The molecule has 0 saturated carbocycles. The molecule has 0 aliphatic carbocycles. The number of allylic oxidation sites excluding steroid dienone is 2. The second-order valence-electron chi connectivity index (χ2n) is 8.81. The number of hydrogen-bond acceptors (Lipinski definition) is 5. The van der Waals surface area contributed by atoms with Crippen LogP contribution in [0, 0.1) is 5.92 Å². The third-order valence-electron chi connectivity index (χ3n) is 6.36. The van der Waals surface area contributed by atoms with Crippen molar-refractivity contribution in [3.05, 3.63) is 80.3 Å². The van der Waals surface area contributed by atoms with Gasteiger partial charge in [-0.1, -0.05) is 42.0 Å². The van der Waals surface area contributed by atoms with Crippen molar-refractivity contribution >= 4 is 29.5 Å². The first-order valence-corrected chi connectivity index (χ1v) is 11.0. The fourth-order valence-electron chi connectivity index (χ4n) is 4.62. The Morgan fingerprint density at radius 2 is 1.94 bits per heavy atom. The fraction of sp³-hybridized carbons (Fsp3) is 0.375. The van der Waals surface area contributed by atoms with Gasteiger partial charge in [-0.3, -0.25) is 18.5 Å². The van der Waals surface area contributed by atoms with Crippen molar-refractivity contribution in [2.45, 2.75) is 33.4 Å². The average Bonchev–Trinajstić information content (AvgIpc) is 3.47. The number of rotatable bonds is 5. The smallest absolute Gasteiger partial charge is 0.332 e. The minimum atomic E-state index is -0.350. The van der Waals surface area contributed by atoms with Gasteiger partial charge in [-0.05, 0) is 25.8 Å². The number of aromatic nitrogens is 4. The van der Waals surface area contributed by atoms with Gasteiger partial charge in [-0.25, -0.2) is 4.79 Å². The Hall–Kier alpha value is -3.26. The number of benzene rings is 1. The number of aryl methyl sites for hydroxylation is 1. The van der Waals surface area contributed by atoms with Crippen molar-refractivity contribution in [1.82, 2.24) is 24.0 Å².